The molecule has 1 N–H and O–H groups in total. The van der Waals surface area contributed by atoms with Gasteiger partial charge in [-0.15, -0.1) is 0 Å². The number of hydrogen-bond acceptors (Lipinski definition) is 2. The number of carbonyl (C=O) groups is 2. The fourth-order valence-corrected chi connectivity index (χ4v) is 4.50. The lowest BCUT2D eigenvalue weighted by molar-refractivity contribution is -0.141. The van der Waals surface area contributed by atoms with Gasteiger partial charge in [-0.25, -0.2) is 0 Å². The Labute approximate surface area is 222 Å². The van der Waals surface area contributed by atoms with Crippen molar-refractivity contribution in [1.29, 1.82) is 0 Å². The minimum absolute atomic E-state index is 0.0328. The maximum absolute atomic E-state index is 13.8. The Morgan fingerprint density at radius 3 is 2.14 bits per heavy atom. The van der Waals surface area contributed by atoms with Crippen LogP contribution in [0.15, 0.2) is 72.8 Å². The minimum Gasteiger partial charge on any atom is -0.352 e. The topological polar surface area (TPSA) is 49.4 Å². The molecule has 0 aliphatic rings. The zero-order valence-corrected chi connectivity index (χ0v) is 22.1. The minimum atomic E-state index is -0.759. The lowest BCUT2D eigenvalue weighted by Crippen LogP contribution is -2.52. The van der Waals surface area contributed by atoms with Gasteiger partial charge in [-0.2, -0.15) is 0 Å². The molecule has 2 atom stereocenters. The molecule has 3 aromatic carbocycles. The molecule has 0 unspecified atom stereocenters. The van der Waals surface area contributed by atoms with Crippen molar-refractivity contribution in [3.05, 3.63) is 105 Å². The van der Waals surface area contributed by atoms with Gasteiger partial charge in [0.05, 0.1) is 6.42 Å². The third kappa shape index (κ3) is 7.73. The lowest BCUT2D eigenvalue weighted by Gasteiger charge is -2.33. The van der Waals surface area contributed by atoms with Crippen LogP contribution in [0.5, 0.6) is 0 Å². The number of benzene rings is 3. The monoisotopic (exact) mass is 530 g/mol. The first-order valence-electron chi connectivity index (χ1n) is 11.6. The van der Waals surface area contributed by atoms with E-state index in [9.17, 15) is 9.59 Å². The highest BCUT2D eigenvalue weighted by Crippen LogP contribution is 2.28. The standard InChI is InChI=1S/C28H29Cl3N2O2/c1-3-19(2)32-28(35)26(16-20-9-5-4-6-10-20)33(18-23-24(30)13-8-14-25(23)31)27(34)17-21-11-7-12-22(29)15-21/h4-15,19,26H,3,16-18H2,1-2H3,(H,32,35)/t19-,26-/m0/s1. The normalized spacial score (nSPS) is 12.6. The Balaban J connectivity index is 2.02. The second-order valence-corrected chi connectivity index (χ2v) is 9.80. The van der Waals surface area contributed by atoms with Crippen molar-refractivity contribution in [1.82, 2.24) is 10.2 Å². The van der Waals surface area contributed by atoms with Crippen LogP contribution in [0.1, 0.15) is 37.0 Å². The summed E-state index contributed by atoms with van der Waals surface area (Å²) in [4.78, 5) is 28.9. The summed E-state index contributed by atoms with van der Waals surface area (Å²) in [5, 5.41) is 4.49. The number of amides is 2. The highest BCUT2D eigenvalue weighted by Gasteiger charge is 2.31. The van der Waals surface area contributed by atoms with Crippen molar-refractivity contribution in [2.24, 2.45) is 0 Å². The smallest absolute Gasteiger partial charge is 0.243 e. The number of hydrogen-bond donors (Lipinski definition) is 1. The van der Waals surface area contributed by atoms with Crippen molar-refractivity contribution in [3.8, 4) is 0 Å². The molecule has 0 saturated carbocycles. The number of nitrogens with zero attached hydrogens (tertiary/aromatic N) is 1. The number of carbonyl (C=O) groups excluding carboxylic acids is 2. The van der Waals surface area contributed by atoms with E-state index in [4.69, 9.17) is 34.8 Å². The summed E-state index contributed by atoms with van der Waals surface area (Å²) >= 11 is 19.1. The molecular formula is C28H29Cl3N2O2. The lowest BCUT2D eigenvalue weighted by atomic mass is 10.0. The van der Waals surface area contributed by atoms with Crippen molar-refractivity contribution in [2.75, 3.05) is 0 Å². The Hall–Kier alpha value is -2.53. The van der Waals surface area contributed by atoms with Gasteiger partial charge in [0.25, 0.3) is 0 Å². The highest BCUT2D eigenvalue weighted by atomic mass is 35.5. The van der Waals surface area contributed by atoms with Gasteiger partial charge in [0.1, 0.15) is 6.04 Å². The van der Waals surface area contributed by atoms with Gasteiger partial charge in [0.15, 0.2) is 0 Å². The predicted molar refractivity (Wildman–Crippen MR) is 144 cm³/mol. The van der Waals surface area contributed by atoms with Gasteiger partial charge in [-0.3, -0.25) is 9.59 Å². The van der Waals surface area contributed by atoms with E-state index in [1.807, 2.05) is 50.2 Å². The largest absolute Gasteiger partial charge is 0.352 e. The fraction of sp³-hybridized carbons (Fsp3) is 0.286. The third-order valence-electron chi connectivity index (χ3n) is 5.91. The molecule has 4 nitrogen and oxygen atoms in total. The number of halogens is 3. The Kier molecular flexibility index (Phi) is 10.0. The van der Waals surface area contributed by atoms with Crippen LogP contribution < -0.4 is 5.32 Å². The fourth-order valence-electron chi connectivity index (χ4n) is 3.77. The van der Waals surface area contributed by atoms with Gasteiger partial charge < -0.3 is 10.2 Å². The maximum Gasteiger partial charge on any atom is 0.243 e. The van der Waals surface area contributed by atoms with E-state index in [0.717, 1.165) is 17.5 Å². The molecule has 0 radical (unpaired) electrons. The zero-order valence-electron chi connectivity index (χ0n) is 19.8. The summed E-state index contributed by atoms with van der Waals surface area (Å²) in [6, 6.07) is 21.2. The molecule has 184 valence electrons. The van der Waals surface area contributed by atoms with E-state index >= 15 is 0 Å². The Bertz CT molecular complexity index is 1130. The molecule has 0 aliphatic heterocycles. The Morgan fingerprint density at radius 2 is 1.51 bits per heavy atom. The van der Waals surface area contributed by atoms with E-state index in [1.165, 1.54) is 0 Å². The van der Waals surface area contributed by atoms with E-state index in [-0.39, 0.29) is 30.8 Å². The van der Waals surface area contributed by atoms with E-state index in [2.05, 4.69) is 5.32 Å². The van der Waals surface area contributed by atoms with Crippen LogP contribution in [0.25, 0.3) is 0 Å². The molecule has 2 amide bonds. The van der Waals surface area contributed by atoms with Gasteiger partial charge in [-0.05, 0) is 48.7 Å². The molecule has 0 bridgehead atoms. The van der Waals surface area contributed by atoms with Crippen molar-refractivity contribution >= 4 is 46.6 Å². The van der Waals surface area contributed by atoms with E-state index in [0.29, 0.717) is 27.1 Å². The maximum atomic E-state index is 13.8. The summed E-state index contributed by atoms with van der Waals surface area (Å²) in [6.45, 7) is 4.05. The Morgan fingerprint density at radius 1 is 0.886 bits per heavy atom. The molecule has 3 rings (SSSR count). The molecule has 0 fully saturated rings. The average Bonchev–Trinajstić information content (AvgIpc) is 2.83. The van der Waals surface area contributed by atoms with E-state index < -0.39 is 6.04 Å². The molecule has 0 saturated heterocycles. The number of nitrogens with one attached hydrogen (secondary N) is 1. The van der Waals surface area contributed by atoms with Crippen molar-refractivity contribution in [2.45, 2.75) is 51.7 Å². The molecule has 7 heteroatoms. The molecule has 0 aromatic heterocycles. The van der Waals surface area contributed by atoms with Gasteiger partial charge in [0.2, 0.25) is 11.8 Å². The third-order valence-corrected chi connectivity index (χ3v) is 6.85. The van der Waals surface area contributed by atoms with Crippen molar-refractivity contribution < 1.29 is 9.59 Å². The molecular weight excluding hydrogens is 503 g/mol. The van der Waals surface area contributed by atoms with Gasteiger partial charge in [0, 0.05) is 39.6 Å². The van der Waals surface area contributed by atoms with Crippen LogP contribution in [0, 0.1) is 0 Å². The highest BCUT2D eigenvalue weighted by molar-refractivity contribution is 6.36. The van der Waals surface area contributed by atoms with Crippen LogP contribution in [-0.4, -0.2) is 28.8 Å². The van der Waals surface area contributed by atoms with Crippen molar-refractivity contribution in [3.63, 3.8) is 0 Å². The van der Waals surface area contributed by atoms with Gasteiger partial charge >= 0.3 is 0 Å². The number of rotatable bonds is 10. The van der Waals surface area contributed by atoms with Crippen LogP contribution in [0.3, 0.4) is 0 Å². The summed E-state index contributed by atoms with van der Waals surface area (Å²) in [6.07, 6.45) is 1.22. The predicted octanol–water partition coefficient (Wildman–Crippen LogP) is 6.74. The van der Waals surface area contributed by atoms with Gasteiger partial charge in [-0.1, -0.05) is 90.3 Å². The van der Waals surface area contributed by atoms with Crippen LogP contribution in [0.4, 0.5) is 0 Å². The summed E-state index contributed by atoms with van der Waals surface area (Å²) < 4.78 is 0. The quantitative estimate of drug-likeness (QED) is 0.315. The first-order valence-corrected chi connectivity index (χ1v) is 12.7. The molecule has 35 heavy (non-hydrogen) atoms. The second kappa shape index (κ2) is 13.0. The van der Waals surface area contributed by atoms with Crippen LogP contribution in [-0.2, 0) is 29.0 Å². The molecule has 0 heterocycles. The second-order valence-electron chi connectivity index (χ2n) is 8.55. The zero-order chi connectivity index (χ0) is 25.4. The molecule has 0 aliphatic carbocycles. The first kappa shape index (κ1) is 27.1. The average molecular weight is 532 g/mol. The van der Waals surface area contributed by atoms with Crippen LogP contribution in [0.2, 0.25) is 15.1 Å². The summed E-state index contributed by atoms with van der Waals surface area (Å²) in [5.74, 6) is -0.436. The van der Waals surface area contributed by atoms with E-state index in [1.54, 1.807) is 41.3 Å². The molecule has 0 spiro atoms. The summed E-state index contributed by atoms with van der Waals surface area (Å²) in [7, 11) is 0. The molecule has 3 aromatic rings. The first-order chi connectivity index (χ1) is 16.8. The van der Waals surface area contributed by atoms with Crippen LogP contribution >= 0.6 is 34.8 Å². The SMILES string of the molecule is CC[C@H](C)NC(=O)[C@H](Cc1ccccc1)N(Cc1c(Cl)cccc1Cl)C(=O)Cc1cccc(Cl)c1. The summed E-state index contributed by atoms with van der Waals surface area (Å²) in [5.41, 5.74) is 2.31.